The molecular weight excluding hydrogens is 431 g/mol. The maximum Gasteiger partial charge on any atom is 0.254 e. The second-order valence-corrected chi connectivity index (χ2v) is 8.13. The van der Waals surface area contributed by atoms with Crippen LogP contribution >= 0.6 is 0 Å². The summed E-state index contributed by atoms with van der Waals surface area (Å²) in [6.45, 7) is 5.05. The van der Waals surface area contributed by atoms with Crippen molar-refractivity contribution < 1.29 is 13.9 Å². The number of fused-ring (bicyclic) bond motifs is 1. The Morgan fingerprint density at radius 3 is 2.53 bits per heavy atom. The highest BCUT2D eigenvalue weighted by Gasteiger charge is 2.26. The van der Waals surface area contributed by atoms with Crippen molar-refractivity contribution in [1.82, 2.24) is 14.9 Å². The zero-order chi connectivity index (χ0) is 23.5. The molecule has 1 aliphatic rings. The zero-order valence-corrected chi connectivity index (χ0v) is 18.9. The predicted molar refractivity (Wildman–Crippen MR) is 131 cm³/mol. The Balaban J connectivity index is 1.43. The van der Waals surface area contributed by atoms with Crippen LogP contribution in [0, 0.1) is 5.82 Å². The Labute approximate surface area is 197 Å². The van der Waals surface area contributed by atoms with E-state index in [1.165, 1.54) is 12.1 Å². The molecule has 172 valence electrons. The first kappa shape index (κ1) is 21.8. The Morgan fingerprint density at radius 2 is 1.76 bits per heavy atom. The van der Waals surface area contributed by atoms with Crippen LogP contribution in [0.1, 0.15) is 17.3 Å². The van der Waals surface area contributed by atoms with E-state index < -0.39 is 5.82 Å². The van der Waals surface area contributed by atoms with Crippen molar-refractivity contribution in [2.75, 3.05) is 37.7 Å². The van der Waals surface area contributed by atoms with Crippen LogP contribution in [0.4, 0.5) is 10.1 Å². The van der Waals surface area contributed by atoms with Crippen LogP contribution in [-0.4, -0.2) is 53.6 Å². The first-order valence-electron chi connectivity index (χ1n) is 11.4. The summed E-state index contributed by atoms with van der Waals surface area (Å²) in [5.41, 5.74) is 3.59. The average Bonchev–Trinajstić information content (AvgIpc) is 2.89. The Kier molecular flexibility index (Phi) is 6.08. The number of hydrogen-bond donors (Lipinski definition) is 0. The molecule has 0 unspecified atom stereocenters. The van der Waals surface area contributed by atoms with Crippen LogP contribution < -0.4 is 9.64 Å². The second kappa shape index (κ2) is 9.47. The highest BCUT2D eigenvalue weighted by Crippen LogP contribution is 2.30. The number of rotatable bonds is 5. The van der Waals surface area contributed by atoms with Crippen LogP contribution in [0.15, 0.2) is 73.1 Å². The van der Waals surface area contributed by atoms with E-state index in [0.717, 1.165) is 17.0 Å². The van der Waals surface area contributed by atoms with Gasteiger partial charge in [-0.05, 0) is 55.5 Å². The number of piperazine rings is 1. The van der Waals surface area contributed by atoms with Gasteiger partial charge in [-0.2, -0.15) is 0 Å². The number of para-hydroxylation sites is 2. The molecule has 5 rings (SSSR count). The lowest BCUT2D eigenvalue weighted by Crippen LogP contribution is -2.49. The molecule has 7 heteroatoms. The predicted octanol–water partition coefficient (Wildman–Crippen LogP) is 4.80. The zero-order valence-electron chi connectivity index (χ0n) is 18.9. The smallest absolute Gasteiger partial charge is 0.254 e. The minimum atomic E-state index is -0.391. The molecule has 1 saturated heterocycles. The fourth-order valence-corrected chi connectivity index (χ4v) is 4.36. The number of amides is 1. The molecule has 1 aliphatic heterocycles. The van der Waals surface area contributed by atoms with Gasteiger partial charge in [-0.3, -0.25) is 9.78 Å². The van der Waals surface area contributed by atoms with Gasteiger partial charge in [-0.25, -0.2) is 9.37 Å². The minimum absolute atomic E-state index is 0.119. The molecule has 0 spiro atoms. The monoisotopic (exact) mass is 456 g/mol. The maximum atomic E-state index is 14.1. The van der Waals surface area contributed by atoms with Gasteiger partial charge >= 0.3 is 0 Å². The number of carbonyl (C=O) groups is 1. The largest absolute Gasteiger partial charge is 0.492 e. The second-order valence-electron chi connectivity index (χ2n) is 8.13. The first-order chi connectivity index (χ1) is 16.6. The number of halogens is 1. The van der Waals surface area contributed by atoms with E-state index >= 15 is 0 Å². The number of carbonyl (C=O) groups excluding carboxylic acids is 1. The molecule has 1 amide bonds. The van der Waals surface area contributed by atoms with Gasteiger partial charge in [0, 0.05) is 49.5 Å². The van der Waals surface area contributed by atoms with Crippen molar-refractivity contribution in [1.29, 1.82) is 0 Å². The number of hydrogen-bond acceptors (Lipinski definition) is 5. The molecule has 0 aliphatic carbocycles. The average molecular weight is 457 g/mol. The molecule has 6 nitrogen and oxygen atoms in total. The molecule has 2 aromatic carbocycles. The third-order valence-corrected chi connectivity index (χ3v) is 6.05. The molecule has 0 radical (unpaired) electrons. The van der Waals surface area contributed by atoms with Gasteiger partial charge in [0.25, 0.3) is 5.91 Å². The number of anilines is 1. The standard InChI is InChI=1S/C27H25FN4O2/c1-2-34-26-6-4-3-5-25(26)31-13-15-32(16-14-31)27(33)22-18-24(19-9-11-29-12-10-19)30-23-8-7-20(28)17-21(22)23/h3-12,17-18H,2,13-16H2,1H3. The number of aromatic nitrogens is 2. The molecule has 34 heavy (non-hydrogen) atoms. The molecule has 0 bridgehead atoms. The van der Waals surface area contributed by atoms with E-state index in [1.54, 1.807) is 24.5 Å². The molecule has 2 aromatic heterocycles. The highest BCUT2D eigenvalue weighted by molar-refractivity contribution is 6.07. The van der Waals surface area contributed by atoms with E-state index in [4.69, 9.17) is 4.74 Å². The molecule has 0 saturated carbocycles. The molecule has 0 atom stereocenters. The summed E-state index contributed by atoms with van der Waals surface area (Å²) in [6.07, 6.45) is 3.37. The third-order valence-electron chi connectivity index (χ3n) is 6.05. The van der Waals surface area contributed by atoms with Gasteiger partial charge in [0.05, 0.1) is 29.1 Å². The topological polar surface area (TPSA) is 58.6 Å². The highest BCUT2D eigenvalue weighted by atomic mass is 19.1. The molecule has 4 aromatic rings. The molecule has 3 heterocycles. The van der Waals surface area contributed by atoms with E-state index in [9.17, 15) is 9.18 Å². The van der Waals surface area contributed by atoms with Gasteiger partial charge in [0.2, 0.25) is 0 Å². The fourth-order valence-electron chi connectivity index (χ4n) is 4.36. The summed E-state index contributed by atoms with van der Waals surface area (Å²) < 4.78 is 19.9. The van der Waals surface area contributed by atoms with Crippen molar-refractivity contribution in [3.05, 3.63) is 84.4 Å². The summed E-state index contributed by atoms with van der Waals surface area (Å²) in [4.78, 5) is 26.4. The maximum absolute atomic E-state index is 14.1. The fraction of sp³-hybridized carbons (Fsp3) is 0.222. The third kappa shape index (κ3) is 4.29. The van der Waals surface area contributed by atoms with Crippen molar-refractivity contribution in [3.8, 4) is 17.0 Å². The van der Waals surface area contributed by atoms with E-state index in [2.05, 4.69) is 14.9 Å². The number of pyridine rings is 2. The number of benzene rings is 2. The van der Waals surface area contributed by atoms with Crippen LogP contribution in [-0.2, 0) is 0 Å². The van der Waals surface area contributed by atoms with E-state index in [-0.39, 0.29) is 5.91 Å². The number of nitrogens with zero attached hydrogens (tertiary/aromatic N) is 4. The lowest BCUT2D eigenvalue weighted by atomic mass is 10.0. The molecule has 1 fully saturated rings. The van der Waals surface area contributed by atoms with Gasteiger partial charge in [0.15, 0.2) is 0 Å². The van der Waals surface area contributed by atoms with Gasteiger partial charge in [0.1, 0.15) is 11.6 Å². The normalized spacial score (nSPS) is 13.8. The molecule has 0 N–H and O–H groups in total. The first-order valence-corrected chi connectivity index (χ1v) is 11.4. The van der Waals surface area contributed by atoms with Crippen molar-refractivity contribution >= 4 is 22.5 Å². The Bertz CT molecular complexity index is 1320. The summed E-state index contributed by atoms with van der Waals surface area (Å²) in [5, 5.41) is 0.520. The van der Waals surface area contributed by atoms with Crippen molar-refractivity contribution in [2.45, 2.75) is 6.92 Å². The van der Waals surface area contributed by atoms with Crippen molar-refractivity contribution in [3.63, 3.8) is 0 Å². The number of ether oxygens (including phenoxy) is 1. The van der Waals surface area contributed by atoms with E-state index in [1.807, 2.05) is 48.2 Å². The Morgan fingerprint density at radius 1 is 1.00 bits per heavy atom. The van der Waals surface area contributed by atoms with Crippen LogP contribution in [0.5, 0.6) is 5.75 Å². The molecular formula is C27H25FN4O2. The van der Waals surface area contributed by atoms with Gasteiger partial charge < -0.3 is 14.5 Å². The summed E-state index contributed by atoms with van der Waals surface area (Å²) in [6, 6.07) is 17.8. The summed E-state index contributed by atoms with van der Waals surface area (Å²) in [7, 11) is 0. The lowest BCUT2D eigenvalue weighted by Gasteiger charge is -2.37. The lowest BCUT2D eigenvalue weighted by molar-refractivity contribution is 0.0748. The summed E-state index contributed by atoms with van der Waals surface area (Å²) >= 11 is 0. The van der Waals surface area contributed by atoms with Crippen LogP contribution in [0.2, 0.25) is 0 Å². The van der Waals surface area contributed by atoms with E-state index in [0.29, 0.717) is 54.9 Å². The summed E-state index contributed by atoms with van der Waals surface area (Å²) in [5.74, 6) is 0.339. The van der Waals surface area contributed by atoms with Gasteiger partial charge in [-0.15, -0.1) is 0 Å². The Hall–Kier alpha value is -4.00. The van der Waals surface area contributed by atoms with Crippen LogP contribution in [0.3, 0.4) is 0 Å². The SMILES string of the molecule is CCOc1ccccc1N1CCN(C(=O)c2cc(-c3ccncc3)nc3ccc(F)cc23)CC1. The minimum Gasteiger partial charge on any atom is -0.492 e. The van der Waals surface area contributed by atoms with Gasteiger partial charge in [-0.1, -0.05) is 12.1 Å². The van der Waals surface area contributed by atoms with Crippen molar-refractivity contribution in [2.24, 2.45) is 0 Å². The van der Waals surface area contributed by atoms with Crippen LogP contribution in [0.25, 0.3) is 22.2 Å². The quantitative estimate of drug-likeness (QED) is 0.432.